The van der Waals surface area contributed by atoms with E-state index in [2.05, 4.69) is 54.4 Å². The van der Waals surface area contributed by atoms with Gasteiger partial charge >= 0.3 is 0 Å². The summed E-state index contributed by atoms with van der Waals surface area (Å²) in [6, 6.07) is 8.64. The Hall–Kier alpha value is -3.52. The number of nitrogens with zero attached hydrogens (tertiary/aromatic N) is 4. The van der Waals surface area contributed by atoms with Crippen LogP contribution in [-0.2, 0) is 32.4 Å². The summed E-state index contributed by atoms with van der Waals surface area (Å²) in [5.41, 5.74) is 2.43. The zero-order chi connectivity index (χ0) is 31.6. The molecule has 0 radical (unpaired) electrons. The van der Waals surface area contributed by atoms with Gasteiger partial charge in [0.15, 0.2) is 0 Å². The molecule has 0 spiro atoms. The summed E-state index contributed by atoms with van der Waals surface area (Å²) in [6.45, 7) is 6.33. The van der Waals surface area contributed by atoms with E-state index in [0.717, 1.165) is 90.6 Å². The first-order valence-corrected chi connectivity index (χ1v) is 15.9. The van der Waals surface area contributed by atoms with Gasteiger partial charge in [0.25, 0.3) is 10.2 Å². The lowest BCUT2D eigenvalue weighted by Gasteiger charge is -2.32. The summed E-state index contributed by atoms with van der Waals surface area (Å²) >= 11 is 0. The summed E-state index contributed by atoms with van der Waals surface area (Å²) in [4.78, 5) is 59.0. The van der Waals surface area contributed by atoms with Gasteiger partial charge in [0.1, 0.15) is 0 Å². The van der Waals surface area contributed by atoms with Crippen LogP contribution in [0.1, 0.15) is 75.3 Å². The van der Waals surface area contributed by atoms with E-state index in [1.807, 2.05) is 0 Å². The van der Waals surface area contributed by atoms with Gasteiger partial charge in [-0.15, -0.1) is 20.2 Å². The van der Waals surface area contributed by atoms with Crippen molar-refractivity contribution in [1.82, 2.24) is 20.4 Å². The van der Waals surface area contributed by atoms with E-state index in [0.29, 0.717) is 25.9 Å². The lowest BCUT2D eigenvalue weighted by Crippen LogP contribution is -2.43. The monoisotopic (exact) mass is 620 g/mol. The van der Waals surface area contributed by atoms with Crippen LogP contribution in [0.15, 0.2) is 24.3 Å². The van der Waals surface area contributed by atoms with Gasteiger partial charge in [-0.2, -0.15) is 0 Å². The number of hydrogen-bond acceptors (Lipinski definition) is 10. The van der Waals surface area contributed by atoms with Gasteiger partial charge in [0.05, 0.1) is 25.0 Å². The van der Waals surface area contributed by atoms with Crippen molar-refractivity contribution in [3.63, 3.8) is 0 Å². The maximum Gasteiger partial charge on any atom is 0.294 e. The fourth-order valence-electron chi connectivity index (χ4n) is 5.89. The Labute approximate surface area is 259 Å². The van der Waals surface area contributed by atoms with Crippen molar-refractivity contribution < 1.29 is 29.4 Å². The summed E-state index contributed by atoms with van der Waals surface area (Å²) in [7, 11) is 0. The SMILES string of the molecule is O=C(NCCCCCO[N+](=O)[O-])C1CCCN(Cc2ccc(CN3CCCC(C(=O)NCCCCCO[N+](=O)[O-])C3)cc2)C1. The molecule has 246 valence electrons. The number of benzene rings is 1. The topological polar surface area (TPSA) is 169 Å². The van der Waals surface area contributed by atoms with Crippen LogP contribution in [-0.4, -0.2) is 84.3 Å². The first kappa shape index (κ1) is 35.0. The molecule has 44 heavy (non-hydrogen) atoms. The molecule has 2 fully saturated rings. The number of nitrogens with one attached hydrogen (secondary N) is 2. The van der Waals surface area contributed by atoms with E-state index < -0.39 is 10.2 Å². The molecule has 2 unspecified atom stereocenters. The number of carbonyl (C=O) groups excluding carboxylic acids is 2. The zero-order valence-corrected chi connectivity index (χ0v) is 25.7. The lowest BCUT2D eigenvalue weighted by atomic mass is 9.96. The predicted molar refractivity (Wildman–Crippen MR) is 162 cm³/mol. The van der Waals surface area contributed by atoms with Crippen LogP contribution < -0.4 is 10.6 Å². The van der Waals surface area contributed by atoms with Crippen molar-refractivity contribution in [2.75, 3.05) is 52.5 Å². The fourth-order valence-corrected chi connectivity index (χ4v) is 5.89. The number of amides is 2. The van der Waals surface area contributed by atoms with E-state index in [1.165, 1.54) is 11.1 Å². The van der Waals surface area contributed by atoms with Crippen LogP contribution in [0.5, 0.6) is 0 Å². The largest absolute Gasteiger partial charge is 0.356 e. The summed E-state index contributed by atoms with van der Waals surface area (Å²) in [6.07, 6.45) is 8.00. The third kappa shape index (κ3) is 13.8. The molecular formula is C30H48N6O8. The van der Waals surface area contributed by atoms with E-state index in [4.69, 9.17) is 0 Å². The lowest BCUT2D eigenvalue weighted by molar-refractivity contribution is -0.757. The molecular weight excluding hydrogens is 572 g/mol. The average molecular weight is 621 g/mol. The second kappa shape index (κ2) is 19.7. The van der Waals surface area contributed by atoms with E-state index >= 15 is 0 Å². The number of carbonyl (C=O) groups is 2. The average Bonchev–Trinajstić information content (AvgIpc) is 3.01. The number of likely N-dealkylation sites (tertiary alicyclic amines) is 2. The molecule has 0 aliphatic carbocycles. The molecule has 0 bridgehead atoms. The second-order valence-electron chi connectivity index (χ2n) is 11.8. The number of hydrogen-bond donors (Lipinski definition) is 2. The van der Waals surface area contributed by atoms with Crippen molar-refractivity contribution >= 4 is 11.8 Å². The minimum absolute atomic E-state index is 0.0274. The van der Waals surface area contributed by atoms with Gasteiger partial charge < -0.3 is 20.3 Å². The fraction of sp³-hybridized carbons (Fsp3) is 0.733. The standard InChI is InChI=1S/C30H48N6O8/c37-29(31-15-3-1-5-19-43-35(39)40)27-9-7-17-33(23-27)21-25-11-13-26(14-12-25)22-34-18-8-10-28(24-34)30(38)32-16-4-2-6-20-44-36(41)42/h11-14,27-28H,1-10,15-24H2,(H,31,37)(H,32,38). The Bertz CT molecular complexity index is 962. The highest BCUT2D eigenvalue weighted by Gasteiger charge is 2.27. The molecule has 2 saturated heterocycles. The third-order valence-corrected chi connectivity index (χ3v) is 8.22. The summed E-state index contributed by atoms with van der Waals surface area (Å²) in [5, 5.41) is 24.8. The summed E-state index contributed by atoms with van der Waals surface area (Å²) in [5.74, 6) is 0.113. The zero-order valence-electron chi connectivity index (χ0n) is 25.7. The van der Waals surface area contributed by atoms with Gasteiger partial charge in [-0.05, 0) is 88.4 Å². The van der Waals surface area contributed by atoms with Crippen molar-refractivity contribution in [1.29, 1.82) is 0 Å². The molecule has 14 nitrogen and oxygen atoms in total. The normalized spacial score (nSPS) is 19.2. The molecule has 0 saturated carbocycles. The Morgan fingerprint density at radius 3 is 1.50 bits per heavy atom. The molecule has 2 atom stereocenters. The van der Waals surface area contributed by atoms with E-state index in [-0.39, 0.29) is 36.9 Å². The first-order valence-electron chi connectivity index (χ1n) is 15.9. The molecule has 1 aromatic rings. The number of rotatable bonds is 20. The van der Waals surface area contributed by atoms with Gasteiger partial charge in [-0.1, -0.05) is 24.3 Å². The van der Waals surface area contributed by atoms with Gasteiger partial charge in [-0.25, -0.2) is 0 Å². The van der Waals surface area contributed by atoms with E-state index in [9.17, 15) is 29.8 Å². The molecule has 0 aromatic heterocycles. The molecule has 2 amide bonds. The van der Waals surface area contributed by atoms with Crippen molar-refractivity contribution in [3.8, 4) is 0 Å². The molecule has 2 aliphatic heterocycles. The van der Waals surface area contributed by atoms with Crippen molar-refractivity contribution in [3.05, 3.63) is 55.6 Å². The molecule has 3 rings (SSSR count). The van der Waals surface area contributed by atoms with Gasteiger partial charge in [-0.3, -0.25) is 19.4 Å². The molecule has 14 heteroatoms. The predicted octanol–water partition coefficient (Wildman–Crippen LogP) is 3.10. The maximum atomic E-state index is 12.7. The number of unbranched alkanes of at least 4 members (excludes halogenated alkanes) is 4. The van der Waals surface area contributed by atoms with Gasteiger partial charge in [0.2, 0.25) is 11.8 Å². The van der Waals surface area contributed by atoms with Crippen LogP contribution in [0.4, 0.5) is 0 Å². The quantitative estimate of drug-likeness (QED) is 0.125. The minimum Gasteiger partial charge on any atom is -0.356 e. The van der Waals surface area contributed by atoms with Crippen molar-refractivity contribution in [2.45, 2.75) is 77.3 Å². The Morgan fingerprint density at radius 2 is 1.11 bits per heavy atom. The van der Waals surface area contributed by atoms with E-state index in [1.54, 1.807) is 0 Å². The molecule has 2 aliphatic rings. The second-order valence-corrected chi connectivity index (χ2v) is 11.8. The van der Waals surface area contributed by atoms with Crippen LogP contribution in [0, 0.1) is 32.1 Å². The Morgan fingerprint density at radius 1 is 0.705 bits per heavy atom. The van der Waals surface area contributed by atoms with Gasteiger partial charge in [0, 0.05) is 39.3 Å². The smallest absolute Gasteiger partial charge is 0.294 e. The minimum atomic E-state index is -0.781. The highest BCUT2D eigenvalue weighted by atomic mass is 17.0. The highest BCUT2D eigenvalue weighted by Crippen LogP contribution is 2.21. The molecule has 1 aromatic carbocycles. The maximum absolute atomic E-state index is 12.7. The first-order chi connectivity index (χ1) is 21.3. The summed E-state index contributed by atoms with van der Waals surface area (Å²) < 4.78 is 0. The highest BCUT2D eigenvalue weighted by molar-refractivity contribution is 5.79. The molecule has 2 heterocycles. The molecule has 2 N–H and O–H groups in total. The third-order valence-electron chi connectivity index (χ3n) is 8.22. The Kier molecular flexibility index (Phi) is 15.7. The van der Waals surface area contributed by atoms with Crippen molar-refractivity contribution in [2.24, 2.45) is 11.8 Å². The van der Waals surface area contributed by atoms with Crippen LogP contribution in [0.2, 0.25) is 0 Å². The van der Waals surface area contributed by atoms with Crippen LogP contribution in [0.3, 0.4) is 0 Å². The number of piperidine rings is 2. The van der Waals surface area contributed by atoms with Crippen LogP contribution >= 0.6 is 0 Å². The Balaban J connectivity index is 1.32. The van der Waals surface area contributed by atoms with Crippen LogP contribution in [0.25, 0.3) is 0 Å².